The van der Waals surface area contributed by atoms with Crippen LogP contribution in [-0.4, -0.2) is 12.5 Å². The van der Waals surface area contributed by atoms with Crippen LogP contribution < -0.4 is 0 Å². The van der Waals surface area contributed by atoms with Crippen LogP contribution in [0, 0.1) is 0 Å². The number of aldehydes is 1. The van der Waals surface area contributed by atoms with E-state index in [-0.39, 0.29) is 5.92 Å². The van der Waals surface area contributed by atoms with Gasteiger partial charge in [-0.25, -0.2) is 4.39 Å². The van der Waals surface area contributed by atoms with Crippen molar-refractivity contribution in [1.29, 1.82) is 0 Å². The molecule has 0 N–H and O–H groups in total. The number of hydrogen-bond donors (Lipinski definition) is 0. The standard InChI is InChI=1S/C13H17FO/c1-10(7-8-15)13-6-4-3-5-12(13)9-11(2)14/h3-6,8,10-11H,7,9H2,1-2H3. The van der Waals surface area contributed by atoms with E-state index in [1.54, 1.807) is 6.92 Å². The van der Waals surface area contributed by atoms with Gasteiger partial charge >= 0.3 is 0 Å². The summed E-state index contributed by atoms with van der Waals surface area (Å²) >= 11 is 0. The average Bonchev–Trinajstić information content (AvgIpc) is 2.18. The van der Waals surface area contributed by atoms with Crippen LogP contribution in [0.5, 0.6) is 0 Å². The van der Waals surface area contributed by atoms with Crippen molar-refractivity contribution >= 4 is 6.29 Å². The number of rotatable bonds is 5. The molecule has 82 valence electrons. The van der Waals surface area contributed by atoms with Gasteiger partial charge in [0.2, 0.25) is 0 Å². The lowest BCUT2D eigenvalue weighted by Gasteiger charge is -2.14. The van der Waals surface area contributed by atoms with E-state index >= 15 is 0 Å². The second-order valence-corrected chi connectivity index (χ2v) is 3.99. The summed E-state index contributed by atoms with van der Waals surface area (Å²) in [5.74, 6) is 0.178. The van der Waals surface area contributed by atoms with E-state index in [9.17, 15) is 9.18 Å². The highest BCUT2D eigenvalue weighted by molar-refractivity contribution is 5.52. The van der Waals surface area contributed by atoms with Crippen molar-refractivity contribution in [2.75, 3.05) is 0 Å². The first-order valence-corrected chi connectivity index (χ1v) is 5.30. The average molecular weight is 208 g/mol. The van der Waals surface area contributed by atoms with E-state index in [2.05, 4.69) is 0 Å². The zero-order valence-electron chi connectivity index (χ0n) is 9.24. The lowest BCUT2D eigenvalue weighted by molar-refractivity contribution is -0.108. The van der Waals surface area contributed by atoms with Crippen LogP contribution >= 0.6 is 0 Å². The Labute approximate surface area is 90.3 Å². The molecule has 0 aliphatic heterocycles. The summed E-state index contributed by atoms with van der Waals surface area (Å²) in [5, 5.41) is 0. The van der Waals surface area contributed by atoms with Crippen LogP contribution in [0.1, 0.15) is 37.3 Å². The summed E-state index contributed by atoms with van der Waals surface area (Å²) in [6, 6.07) is 7.76. The van der Waals surface area contributed by atoms with Gasteiger partial charge in [-0.2, -0.15) is 0 Å². The molecule has 0 heterocycles. The summed E-state index contributed by atoms with van der Waals surface area (Å²) < 4.78 is 12.9. The van der Waals surface area contributed by atoms with Crippen molar-refractivity contribution in [3.8, 4) is 0 Å². The second kappa shape index (κ2) is 5.64. The monoisotopic (exact) mass is 208 g/mol. The Morgan fingerprint density at radius 3 is 2.60 bits per heavy atom. The molecule has 1 aromatic carbocycles. The molecule has 0 bridgehead atoms. The predicted octanol–water partition coefficient (Wildman–Crippen LogP) is 3.28. The lowest BCUT2D eigenvalue weighted by Crippen LogP contribution is -2.05. The fourth-order valence-corrected chi connectivity index (χ4v) is 1.78. The molecule has 0 fully saturated rings. The number of hydrogen-bond acceptors (Lipinski definition) is 1. The molecule has 0 radical (unpaired) electrons. The van der Waals surface area contributed by atoms with Crippen molar-refractivity contribution in [3.05, 3.63) is 35.4 Å². The minimum Gasteiger partial charge on any atom is -0.303 e. The maximum Gasteiger partial charge on any atom is 0.120 e. The number of carbonyl (C=O) groups is 1. The van der Waals surface area contributed by atoms with Crippen molar-refractivity contribution in [2.45, 2.75) is 38.8 Å². The molecule has 1 nitrogen and oxygen atoms in total. The first-order valence-electron chi connectivity index (χ1n) is 5.30. The molecule has 2 atom stereocenters. The van der Waals surface area contributed by atoms with Crippen molar-refractivity contribution in [2.24, 2.45) is 0 Å². The second-order valence-electron chi connectivity index (χ2n) is 3.99. The Balaban J connectivity index is 2.89. The zero-order chi connectivity index (χ0) is 11.3. The van der Waals surface area contributed by atoms with E-state index in [4.69, 9.17) is 0 Å². The fourth-order valence-electron chi connectivity index (χ4n) is 1.78. The number of alkyl halides is 1. The smallest absolute Gasteiger partial charge is 0.120 e. The topological polar surface area (TPSA) is 17.1 Å². The molecule has 0 aliphatic rings. The van der Waals surface area contributed by atoms with Crippen molar-refractivity contribution < 1.29 is 9.18 Å². The first kappa shape index (κ1) is 11.9. The normalized spacial score (nSPS) is 14.6. The Morgan fingerprint density at radius 1 is 1.33 bits per heavy atom. The van der Waals surface area contributed by atoms with Gasteiger partial charge in [0.1, 0.15) is 12.5 Å². The Morgan fingerprint density at radius 2 is 2.00 bits per heavy atom. The third-order valence-electron chi connectivity index (χ3n) is 2.54. The van der Waals surface area contributed by atoms with Crippen LogP contribution in [-0.2, 0) is 11.2 Å². The maximum absolute atomic E-state index is 12.9. The van der Waals surface area contributed by atoms with Gasteiger partial charge in [0.25, 0.3) is 0 Å². The molecular formula is C13H17FO. The molecule has 2 heteroatoms. The molecule has 0 aliphatic carbocycles. The fraction of sp³-hybridized carbons (Fsp3) is 0.462. The lowest BCUT2D eigenvalue weighted by atomic mass is 9.91. The van der Waals surface area contributed by atoms with Gasteiger partial charge in [0, 0.05) is 12.8 Å². The highest BCUT2D eigenvalue weighted by Gasteiger charge is 2.11. The van der Waals surface area contributed by atoms with E-state index < -0.39 is 6.17 Å². The van der Waals surface area contributed by atoms with Gasteiger partial charge in [0.05, 0.1) is 0 Å². The van der Waals surface area contributed by atoms with E-state index in [1.807, 2.05) is 31.2 Å². The minimum atomic E-state index is -0.838. The van der Waals surface area contributed by atoms with Gasteiger partial charge in [0.15, 0.2) is 0 Å². The Bertz CT molecular complexity index is 320. The molecule has 0 amide bonds. The predicted molar refractivity (Wildman–Crippen MR) is 59.8 cm³/mol. The van der Waals surface area contributed by atoms with E-state index in [0.717, 1.165) is 17.4 Å². The van der Waals surface area contributed by atoms with E-state index in [0.29, 0.717) is 12.8 Å². The van der Waals surface area contributed by atoms with Crippen LogP contribution in [0.3, 0.4) is 0 Å². The molecule has 0 saturated heterocycles. The van der Waals surface area contributed by atoms with Crippen molar-refractivity contribution in [1.82, 2.24) is 0 Å². The van der Waals surface area contributed by atoms with Gasteiger partial charge in [-0.3, -0.25) is 0 Å². The largest absolute Gasteiger partial charge is 0.303 e. The molecule has 1 rings (SSSR count). The Kier molecular flexibility index (Phi) is 4.47. The summed E-state index contributed by atoms with van der Waals surface area (Å²) in [6.45, 7) is 3.55. The Hall–Kier alpha value is -1.18. The van der Waals surface area contributed by atoms with Gasteiger partial charge < -0.3 is 4.79 Å². The highest BCUT2D eigenvalue weighted by atomic mass is 19.1. The van der Waals surface area contributed by atoms with Crippen molar-refractivity contribution in [3.63, 3.8) is 0 Å². The minimum absolute atomic E-state index is 0.178. The molecule has 15 heavy (non-hydrogen) atoms. The number of benzene rings is 1. The third-order valence-corrected chi connectivity index (χ3v) is 2.54. The molecule has 0 spiro atoms. The molecular weight excluding hydrogens is 191 g/mol. The van der Waals surface area contributed by atoms with Crippen LogP contribution in [0.4, 0.5) is 4.39 Å². The summed E-state index contributed by atoms with van der Waals surface area (Å²) in [6.07, 6.45) is 1.01. The SMILES string of the molecule is CC(F)Cc1ccccc1C(C)CC=O. The van der Waals surface area contributed by atoms with Crippen LogP contribution in [0.25, 0.3) is 0 Å². The quantitative estimate of drug-likeness (QED) is 0.679. The summed E-state index contributed by atoms with van der Waals surface area (Å²) in [7, 11) is 0. The number of halogens is 1. The first-order chi connectivity index (χ1) is 7.15. The van der Waals surface area contributed by atoms with Gasteiger partial charge in [-0.05, 0) is 24.0 Å². The third kappa shape index (κ3) is 3.46. The summed E-state index contributed by atoms with van der Waals surface area (Å²) in [5.41, 5.74) is 2.11. The van der Waals surface area contributed by atoms with Gasteiger partial charge in [-0.1, -0.05) is 31.2 Å². The van der Waals surface area contributed by atoms with Gasteiger partial charge in [-0.15, -0.1) is 0 Å². The molecule has 0 aromatic heterocycles. The molecule has 2 unspecified atom stereocenters. The van der Waals surface area contributed by atoms with Crippen LogP contribution in [0.15, 0.2) is 24.3 Å². The molecule has 1 aromatic rings. The maximum atomic E-state index is 12.9. The zero-order valence-corrected chi connectivity index (χ0v) is 9.24. The molecule has 0 saturated carbocycles. The summed E-state index contributed by atoms with van der Waals surface area (Å²) in [4.78, 5) is 10.4. The van der Waals surface area contributed by atoms with Crippen LogP contribution in [0.2, 0.25) is 0 Å². The number of carbonyl (C=O) groups excluding carboxylic acids is 1. The van der Waals surface area contributed by atoms with E-state index in [1.165, 1.54) is 0 Å². The highest BCUT2D eigenvalue weighted by Crippen LogP contribution is 2.23.